The van der Waals surface area contributed by atoms with Crippen LogP contribution in [-0.4, -0.2) is 12.6 Å². The van der Waals surface area contributed by atoms with Gasteiger partial charge in [-0.25, -0.2) is 0 Å². The molecule has 1 aromatic carbocycles. The summed E-state index contributed by atoms with van der Waals surface area (Å²) in [5.74, 6) is 0. The molecule has 0 radical (unpaired) electrons. The van der Waals surface area contributed by atoms with Crippen LogP contribution in [0, 0.1) is 5.41 Å². The highest BCUT2D eigenvalue weighted by molar-refractivity contribution is 9.10. The van der Waals surface area contributed by atoms with Crippen LogP contribution in [0.4, 0.5) is 0 Å². The molecular formula is C16H20BrN. The standard InChI is InChI=1S/C16H20BrN/c17-14-4-2-1-3-13(14)16(11-18-12-5-6-12)9-15(10-16)7-8-15/h1-4,12,18H,5-11H2. The smallest absolute Gasteiger partial charge is 0.0213 e. The average Bonchev–Trinajstić information content (AvgIpc) is 3.20. The number of halogens is 1. The van der Waals surface area contributed by atoms with E-state index in [1.54, 1.807) is 0 Å². The molecule has 0 bridgehead atoms. The van der Waals surface area contributed by atoms with Crippen molar-refractivity contribution in [2.75, 3.05) is 6.54 Å². The topological polar surface area (TPSA) is 12.0 Å². The normalized spacial score (nSPS) is 26.9. The first-order chi connectivity index (χ1) is 8.72. The van der Waals surface area contributed by atoms with Gasteiger partial charge in [0, 0.05) is 22.5 Å². The van der Waals surface area contributed by atoms with Gasteiger partial charge in [0.2, 0.25) is 0 Å². The lowest BCUT2D eigenvalue weighted by Crippen LogP contribution is -2.50. The number of rotatable bonds is 4. The van der Waals surface area contributed by atoms with Crippen molar-refractivity contribution in [3.63, 3.8) is 0 Å². The van der Waals surface area contributed by atoms with E-state index in [1.165, 1.54) is 55.1 Å². The van der Waals surface area contributed by atoms with Crippen LogP contribution in [-0.2, 0) is 5.41 Å². The number of hydrogen-bond acceptors (Lipinski definition) is 1. The monoisotopic (exact) mass is 305 g/mol. The van der Waals surface area contributed by atoms with Gasteiger partial charge in [-0.05, 0) is 55.6 Å². The van der Waals surface area contributed by atoms with Crippen molar-refractivity contribution in [1.82, 2.24) is 5.32 Å². The summed E-state index contributed by atoms with van der Waals surface area (Å²) in [6, 6.07) is 9.66. The Bertz CT molecular complexity index is 466. The Hall–Kier alpha value is -0.340. The molecule has 0 unspecified atom stereocenters. The molecule has 0 atom stereocenters. The molecule has 0 heterocycles. The zero-order valence-corrected chi connectivity index (χ0v) is 12.3. The van der Waals surface area contributed by atoms with Gasteiger partial charge in [0.15, 0.2) is 0 Å². The number of nitrogens with one attached hydrogen (secondary N) is 1. The number of hydrogen-bond donors (Lipinski definition) is 1. The van der Waals surface area contributed by atoms with Crippen LogP contribution < -0.4 is 5.32 Å². The second kappa shape index (κ2) is 3.83. The fourth-order valence-corrected chi connectivity index (χ4v) is 4.55. The van der Waals surface area contributed by atoms with Gasteiger partial charge in [0.05, 0.1) is 0 Å². The van der Waals surface area contributed by atoms with Crippen LogP contribution >= 0.6 is 15.9 Å². The first kappa shape index (κ1) is 11.5. The summed E-state index contributed by atoms with van der Waals surface area (Å²) in [5, 5.41) is 3.77. The first-order valence-corrected chi connectivity index (χ1v) is 7.99. The Kier molecular flexibility index (Phi) is 2.44. The molecule has 1 aromatic rings. The largest absolute Gasteiger partial charge is 0.313 e. The summed E-state index contributed by atoms with van der Waals surface area (Å²) in [4.78, 5) is 0. The first-order valence-electron chi connectivity index (χ1n) is 7.20. The Morgan fingerprint density at radius 3 is 2.50 bits per heavy atom. The van der Waals surface area contributed by atoms with E-state index in [2.05, 4.69) is 45.5 Å². The molecule has 0 aliphatic heterocycles. The quantitative estimate of drug-likeness (QED) is 0.886. The lowest BCUT2D eigenvalue weighted by Gasteiger charge is -2.50. The van der Waals surface area contributed by atoms with Crippen molar-refractivity contribution in [1.29, 1.82) is 0 Å². The van der Waals surface area contributed by atoms with Crippen LogP contribution in [0.25, 0.3) is 0 Å². The molecular weight excluding hydrogens is 286 g/mol. The van der Waals surface area contributed by atoms with E-state index in [0.29, 0.717) is 5.41 Å². The molecule has 1 N–H and O–H groups in total. The summed E-state index contributed by atoms with van der Waals surface area (Å²) >= 11 is 3.76. The van der Waals surface area contributed by atoms with Gasteiger partial charge in [-0.3, -0.25) is 0 Å². The Balaban J connectivity index is 1.60. The van der Waals surface area contributed by atoms with E-state index in [1.807, 2.05) is 0 Å². The zero-order valence-electron chi connectivity index (χ0n) is 10.7. The van der Waals surface area contributed by atoms with Crippen molar-refractivity contribution < 1.29 is 0 Å². The van der Waals surface area contributed by atoms with Gasteiger partial charge in [0.25, 0.3) is 0 Å². The number of benzene rings is 1. The Morgan fingerprint density at radius 2 is 1.89 bits per heavy atom. The van der Waals surface area contributed by atoms with E-state index >= 15 is 0 Å². The highest BCUT2D eigenvalue weighted by atomic mass is 79.9. The average molecular weight is 306 g/mol. The minimum Gasteiger partial charge on any atom is -0.313 e. The molecule has 1 spiro atoms. The minimum atomic E-state index is 0.416. The second-order valence-electron chi connectivity index (χ2n) is 6.77. The predicted molar refractivity (Wildman–Crippen MR) is 77.7 cm³/mol. The van der Waals surface area contributed by atoms with Crippen LogP contribution in [0.1, 0.15) is 44.1 Å². The third kappa shape index (κ3) is 1.85. The van der Waals surface area contributed by atoms with Crippen molar-refractivity contribution in [3.05, 3.63) is 34.3 Å². The van der Waals surface area contributed by atoms with Gasteiger partial charge in [-0.2, -0.15) is 0 Å². The maximum Gasteiger partial charge on any atom is 0.0213 e. The molecule has 18 heavy (non-hydrogen) atoms. The fourth-order valence-electron chi connectivity index (χ4n) is 3.84. The summed E-state index contributed by atoms with van der Waals surface area (Å²) < 4.78 is 1.30. The van der Waals surface area contributed by atoms with Gasteiger partial charge >= 0.3 is 0 Å². The van der Waals surface area contributed by atoms with Crippen molar-refractivity contribution >= 4 is 15.9 Å². The van der Waals surface area contributed by atoms with Crippen molar-refractivity contribution in [2.24, 2.45) is 5.41 Å². The molecule has 3 aliphatic carbocycles. The third-order valence-corrected chi connectivity index (χ3v) is 5.83. The maximum atomic E-state index is 3.77. The highest BCUT2D eigenvalue weighted by Crippen LogP contribution is 2.69. The SMILES string of the molecule is Brc1ccccc1C1(CNC2CC2)CC2(CC2)C1. The molecule has 3 fully saturated rings. The Morgan fingerprint density at radius 1 is 1.17 bits per heavy atom. The molecule has 3 aliphatic rings. The van der Waals surface area contributed by atoms with E-state index in [9.17, 15) is 0 Å². The molecule has 1 nitrogen and oxygen atoms in total. The van der Waals surface area contributed by atoms with Gasteiger partial charge in [-0.1, -0.05) is 34.1 Å². The van der Waals surface area contributed by atoms with Crippen molar-refractivity contribution in [3.8, 4) is 0 Å². The third-order valence-electron chi connectivity index (χ3n) is 5.14. The molecule has 0 aromatic heterocycles. The van der Waals surface area contributed by atoms with Crippen molar-refractivity contribution in [2.45, 2.75) is 50.0 Å². The van der Waals surface area contributed by atoms with Crippen LogP contribution in [0.15, 0.2) is 28.7 Å². The summed E-state index contributed by atoms with van der Waals surface area (Å²) in [6.45, 7) is 1.18. The minimum absolute atomic E-state index is 0.416. The van der Waals surface area contributed by atoms with E-state index in [4.69, 9.17) is 0 Å². The van der Waals surface area contributed by atoms with Gasteiger partial charge in [0.1, 0.15) is 0 Å². The van der Waals surface area contributed by atoms with E-state index in [0.717, 1.165) is 11.5 Å². The lowest BCUT2D eigenvalue weighted by atomic mass is 9.56. The molecule has 3 saturated carbocycles. The summed E-state index contributed by atoms with van der Waals surface area (Å²) in [5.41, 5.74) is 2.70. The van der Waals surface area contributed by atoms with E-state index < -0.39 is 0 Å². The second-order valence-corrected chi connectivity index (χ2v) is 7.62. The van der Waals surface area contributed by atoms with Crippen LogP contribution in [0.2, 0.25) is 0 Å². The van der Waals surface area contributed by atoms with Crippen LogP contribution in [0.3, 0.4) is 0 Å². The molecule has 0 saturated heterocycles. The van der Waals surface area contributed by atoms with E-state index in [-0.39, 0.29) is 0 Å². The van der Waals surface area contributed by atoms with Gasteiger partial charge < -0.3 is 5.32 Å². The predicted octanol–water partition coefficient (Wildman–Crippen LogP) is 4.01. The fraction of sp³-hybridized carbons (Fsp3) is 0.625. The molecule has 2 heteroatoms. The highest BCUT2D eigenvalue weighted by Gasteiger charge is 2.61. The molecule has 0 amide bonds. The molecule has 96 valence electrons. The summed E-state index contributed by atoms with van der Waals surface area (Å²) in [7, 11) is 0. The van der Waals surface area contributed by atoms with Crippen LogP contribution in [0.5, 0.6) is 0 Å². The maximum absolute atomic E-state index is 3.77. The zero-order chi connectivity index (χ0) is 12.2. The molecule has 4 rings (SSSR count). The summed E-state index contributed by atoms with van der Waals surface area (Å²) in [6.07, 6.45) is 8.53. The lowest BCUT2D eigenvalue weighted by molar-refractivity contribution is 0.115. The Labute approximate surface area is 117 Å². The van der Waals surface area contributed by atoms with Gasteiger partial charge in [-0.15, -0.1) is 0 Å².